The molecule has 0 aliphatic rings. The maximum absolute atomic E-state index is 6.02. The second-order valence-corrected chi connectivity index (χ2v) is 8.53. The summed E-state index contributed by atoms with van der Waals surface area (Å²) in [7, 11) is 0. The molecule has 0 aliphatic heterocycles. The number of fused-ring (bicyclic) bond motifs is 1. The third kappa shape index (κ3) is 7.10. The second-order valence-electron chi connectivity index (χ2n) is 8.53. The van der Waals surface area contributed by atoms with Gasteiger partial charge in [0, 0.05) is 24.5 Å². The van der Waals surface area contributed by atoms with Gasteiger partial charge in [-0.2, -0.15) is 0 Å². The summed E-state index contributed by atoms with van der Waals surface area (Å²) >= 11 is 0. The first-order valence-electron chi connectivity index (χ1n) is 12.1. The van der Waals surface area contributed by atoms with Gasteiger partial charge < -0.3 is 14.0 Å². The highest BCUT2D eigenvalue weighted by molar-refractivity contribution is 5.64. The van der Waals surface area contributed by atoms with Crippen LogP contribution in [-0.2, 0) is 0 Å². The first-order chi connectivity index (χ1) is 15.2. The highest BCUT2D eigenvalue weighted by atomic mass is 16.5. The average Bonchev–Trinajstić information content (AvgIpc) is 3.23. The summed E-state index contributed by atoms with van der Waals surface area (Å²) in [5.41, 5.74) is 4.32. The van der Waals surface area contributed by atoms with Crippen molar-refractivity contribution in [2.45, 2.75) is 65.7 Å². The van der Waals surface area contributed by atoms with Crippen LogP contribution in [-0.4, -0.2) is 40.5 Å². The largest absolute Gasteiger partial charge is 0.494 e. The van der Waals surface area contributed by atoms with Crippen molar-refractivity contribution in [1.29, 1.82) is 0 Å². The maximum atomic E-state index is 6.02. The summed E-state index contributed by atoms with van der Waals surface area (Å²) in [6.07, 6.45) is 13.1. The Kier molecular flexibility index (Phi) is 9.41. The van der Waals surface area contributed by atoms with E-state index in [1.165, 1.54) is 57.2 Å². The molecule has 2 aromatic heterocycles. The van der Waals surface area contributed by atoms with Crippen LogP contribution in [0.1, 0.15) is 64.4 Å². The fraction of sp³-hybridized carbons (Fsp3) is 0.519. The van der Waals surface area contributed by atoms with E-state index in [0.29, 0.717) is 0 Å². The van der Waals surface area contributed by atoms with Gasteiger partial charge in [-0.1, -0.05) is 45.6 Å². The number of nitrogens with zero attached hydrogens (tertiary/aromatic N) is 3. The molecular formula is C27H39N3O. The normalized spacial score (nSPS) is 11.5. The molecule has 2 heterocycles. The fourth-order valence-corrected chi connectivity index (χ4v) is 4.00. The predicted octanol–water partition coefficient (Wildman–Crippen LogP) is 6.76. The van der Waals surface area contributed by atoms with Gasteiger partial charge in [0.05, 0.1) is 12.3 Å². The van der Waals surface area contributed by atoms with Gasteiger partial charge in [0.25, 0.3) is 0 Å². The zero-order valence-corrected chi connectivity index (χ0v) is 19.6. The molecule has 1 aromatic carbocycles. The SMILES string of the molecule is CCCCCN(CCCCC)CCCOc1ccc(-c2cn3cccc(C)c3n2)cc1. The minimum atomic E-state index is 0.769. The van der Waals surface area contributed by atoms with E-state index in [9.17, 15) is 0 Å². The lowest BCUT2D eigenvalue weighted by Crippen LogP contribution is -2.28. The van der Waals surface area contributed by atoms with Crippen LogP contribution in [0.15, 0.2) is 48.8 Å². The van der Waals surface area contributed by atoms with Crippen molar-refractivity contribution in [3.05, 3.63) is 54.4 Å². The molecule has 3 rings (SSSR count). The summed E-state index contributed by atoms with van der Waals surface area (Å²) in [5.74, 6) is 0.937. The standard InChI is InChI=1S/C27H39N3O/c1-4-6-8-17-29(18-9-7-5-2)19-11-21-31-25-15-13-24(14-16-25)26-22-30-20-10-12-23(3)27(30)28-26/h10,12-16,20,22H,4-9,11,17-19,21H2,1-3H3. The summed E-state index contributed by atoms with van der Waals surface area (Å²) in [5, 5.41) is 0. The average molecular weight is 422 g/mol. The number of rotatable bonds is 14. The molecule has 0 bridgehead atoms. The molecule has 0 amide bonds. The molecule has 4 heteroatoms. The third-order valence-electron chi connectivity index (χ3n) is 5.87. The Morgan fingerprint density at radius 2 is 1.55 bits per heavy atom. The van der Waals surface area contributed by atoms with E-state index in [-0.39, 0.29) is 0 Å². The lowest BCUT2D eigenvalue weighted by Gasteiger charge is -2.22. The van der Waals surface area contributed by atoms with Crippen LogP contribution in [0.4, 0.5) is 0 Å². The number of unbranched alkanes of at least 4 members (excludes halogenated alkanes) is 4. The molecule has 0 radical (unpaired) electrons. The molecule has 0 saturated carbocycles. The van der Waals surface area contributed by atoms with Crippen LogP contribution >= 0.6 is 0 Å². The number of ether oxygens (including phenoxy) is 1. The van der Waals surface area contributed by atoms with Gasteiger partial charge in [0.1, 0.15) is 11.4 Å². The van der Waals surface area contributed by atoms with Crippen molar-refractivity contribution < 1.29 is 4.74 Å². The molecule has 0 saturated heterocycles. The van der Waals surface area contributed by atoms with Crippen molar-refractivity contribution >= 4 is 5.65 Å². The lowest BCUT2D eigenvalue weighted by molar-refractivity contribution is 0.227. The van der Waals surface area contributed by atoms with Crippen LogP contribution in [0.5, 0.6) is 5.75 Å². The van der Waals surface area contributed by atoms with Gasteiger partial charge >= 0.3 is 0 Å². The quantitative estimate of drug-likeness (QED) is 0.269. The number of hydrogen-bond acceptors (Lipinski definition) is 3. The van der Waals surface area contributed by atoms with Crippen LogP contribution in [0.25, 0.3) is 16.9 Å². The van der Waals surface area contributed by atoms with Gasteiger partial charge in [-0.15, -0.1) is 0 Å². The predicted molar refractivity (Wildman–Crippen MR) is 131 cm³/mol. The molecule has 0 unspecified atom stereocenters. The third-order valence-corrected chi connectivity index (χ3v) is 5.87. The number of hydrogen-bond donors (Lipinski definition) is 0. The van der Waals surface area contributed by atoms with Gasteiger partial charge in [-0.25, -0.2) is 4.98 Å². The van der Waals surface area contributed by atoms with Gasteiger partial charge in [0.2, 0.25) is 0 Å². The molecule has 168 valence electrons. The smallest absolute Gasteiger partial charge is 0.140 e. The van der Waals surface area contributed by atoms with Crippen molar-refractivity contribution in [2.75, 3.05) is 26.2 Å². The molecule has 0 N–H and O–H groups in total. The summed E-state index contributed by atoms with van der Waals surface area (Å²) in [6, 6.07) is 12.5. The number of aryl methyl sites for hydroxylation is 1. The zero-order valence-electron chi connectivity index (χ0n) is 19.6. The Balaban J connectivity index is 1.47. The number of imidazole rings is 1. The van der Waals surface area contributed by atoms with Crippen LogP contribution in [0.2, 0.25) is 0 Å². The van der Waals surface area contributed by atoms with Gasteiger partial charge in [-0.3, -0.25) is 0 Å². The Labute approximate surface area is 188 Å². The molecule has 3 aromatic rings. The Hall–Kier alpha value is -2.33. The van der Waals surface area contributed by atoms with Crippen molar-refractivity contribution in [1.82, 2.24) is 14.3 Å². The summed E-state index contributed by atoms with van der Waals surface area (Å²) in [4.78, 5) is 7.41. The summed E-state index contributed by atoms with van der Waals surface area (Å²) < 4.78 is 8.11. The zero-order chi connectivity index (χ0) is 21.9. The molecule has 0 atom stereocenters. The van der Waals surface area contributed by atoms with E-state index < -0.39 is 0 Å². The minimum absolute atomic E-state index is 0.769. The van der Waals surface area contributed by atoms with Gasteiger partial charge in [-0.05, 0) is 75.2 Å². The molecule has 0 spiro atoms. The van der Waals surface area contributed by atoms with Crippen LogP contribution in [0, 0.1) is 6.92 Å². The Morgan fingerprint density at radius 1 is 0.871 bits per heavy atom. The Bertz CT molecular complexity index is 890. The van der Waals surface area contributed by atoms with Crippen molar-refractivity contribution in [3.63, 3.8) is 0 Å². The Morgan fingerprint density at radius 3 is 2.19 bits per heavy atom. The van der Waals surface area contributed by atoms with E-state index in [0.717, 1.165) is 42.2 Å². The summed E-state index contributed by atoms with van der Waals surface area (Å²) in [6.45, 7) is 11.0. The minimum Gasteiger partial charge on any atom is -0.494 e. The lowest BCUT2D eigenvalue weighted by atomic mass is 10.1. The topological polar surface area (TPSA) is 29.8 Å². The fourth-order valence-electron chi connectivity index (χ4n) is 4.00. The number of pyridine rings is 1. The van der Waals surface area contributed by atoms with E-state index in [1.54, 1.807) is 0 Å². The van der Waals surface area contributed by atoms with E-state index in [1.807, 2.05) is 6.20 Å². The highest BCUT2D eigenvalue weighted by Gasteiger charge is 2.07. The first-order valence-corrected chi connectivity index (χ1v) is 12.1. The van der Waals surface area contributed by atoms with E-state index >= 15 is 0 Å². The first kappa shape index (κ1) is 23.3. The van der Waals surface area contributed by atoms with Crippen LogP contribution in [0.3, 0.4) is 0 Å². The maximum Gasteiger partial charge on any atom is 0.140 e. The van der Waals surface area contributed by atoms with Crippen LogP contribution < -0.4 is 4.74 Å². The number of benzene rings is 1. The van der Waals surface area contributed by atoms with E-state index in [4.69, 9.17) is 9.72 Å². The molecule has 0 fully saturated rings. The van der Waals surface area contributed by atoms with Gasteiger partial charge in [0.15, 0.2) is 0 Å². The molecular weight excluding hydrogens is 382 g/mol. The highest BCUT2D eigenvalue weighted by Crippen LogP contribution is 2.23. The molecule has 0 aliphatic carbocycles. The number of aromatic nitrogens is 2. The molecule has 31 heavy (non-hydrogen) atoms. The molecule has 4 nitrogen and oxygen atoms in total. The van der Waals surface area contributed by atoms with Crippen molar-refractivity contribution in [2.24, 2.45) is 0 Å². The van der Waals surface area contributed by atoms with Crippen molar-refractivity contribution in [3.8, 4) is 17.0 Å². The second kappa shape index (κ2) is 12.5. The van der Waals surface area contributed by atoms with E-state index in [2.05, 4.69) is 72.7 Å². The monoisotopic (exact) mass is 421 g/mol.